The average molecular weight is 284 g/mol. The Morgan fingerprint density at radius 1 is 1.33 bits per heavy atom. The Hall–Kier alpha value is -2.09. The summed E-state index contributed by atoms with van der Waals surface area (Å²) in [5.41, 5.74) is 4.70. The van der Waals surface area contributed by atoms with Gasteiger partial charge in [0.2, 0.25) is 0 Å². The Bertz CT molecular complexity index is 565. The molecule has 0 radical (unpaired) electrons. The monoisotopic (exact) mass is 284 g/mol. The van der Waals surface area contributed by atoms with Crippen molar-refractivity contribution in [3.63, 3.8) is 0 Å². The van der Waals surface area contributed by atoms with E-state index in [0.717, 1.165) is 5.57 Å². The van der Waals surface area contributed by atoms with Crippen molar-refractivity contribution in [3.05, 3.63) is 65.8 Å². The molecule has 0 saturated heterocycles. The van der Waals surface area contributed by atoms with E-state index in [0.29, 0.717) is 6.61 Å². The fraction of sp³-hybridized carbons (Fsp3) is 0.316. The van der Waals surface area contributed by atoms with Gasteiger partial charge in [-0.15, -0.1) is 0 Å². The molecule has 0 saturated carbocycles. The summed E-state index contributed by atoms with van der Waals surface area (Å²) in [5, 5.41) is 0. The zero-order chi connectivity index (χ0) is 15.8. The van der Waals surface area contributed by atoms with Crippen molar-refractivity contribution in [2.45, 2.75) is 33.6 Å². The van der Waals surface area contributed by atoms with E-state index in [4.69, 9.17) is 4.74 Å². The predicted molar refractivity (Wildman–Crippen MR) is 89.1 cm³/mol. The summed E-state index contributed by atoms with van der Waals surface area (Å²) in [4.78, 5) is 11.0. The molecule has 2 rings (SSSR count). The molecule has 1 unspecified atom stereocenters. The number of fused-ring (bicyclic) bond motifs is 1. The molecule has 1 aromatic rings. The highest BCUT2D eigenvalue weighted by molar-refractivity contribution is 5.86. The quantitative estimate of drug-likeness (QED) is 0.736. The number of esters is 1. The first kappa shape index (κ1) is 17.0. The van der Waals surface area contributed by atoms with Crippen molar-refractivity contribution in [3.8, 4) is 0 Å². The van der Waals surface area contributed by atoms with Crippen molar-refractivity contribution >= 4 is 11.5 Å². The van der Waals surface area contributed by atoms with E-state index >= 15 is 0 Å². The maximum absolute atomic E-state index is 11.0. The van der Waals surface area contributed by atoms with Gasteiger partial charge in [-0.05, 0) is 29.2 Å². The van der Waals surface area contributed by atoms with Gasteiger partial charge >= 0.3 is 5.97 Å². The largest absolute Gasteiger partial charge is 0.465 e. The van der Waals surface area contributed by atoms with E-state index in [-0.39, 0.29) is 11.9 Å². The molecule has 1 aliphatic carbocycles. The van der Waals surface area contributed by atoms with E-state index in [2.05, 4.69) is 24.8 Å². The third kappa shape index (κ3) is 3.72. The summed E-state index contributed by atoms with van der Waals surface area (Å²) in [6.45, 7) is 11.7. The van der Waals surface area contributed by atoms with Crippen LogP contribution in [0.5, 0.6) is 0 Å². The molecule has 0 aromatic heterocycles. The van der Waals surface area contributed by atoms with Crippen LogP contribution in [0.15, 0.2) is 54.6 Å². The molecule has 2 heteroatoms. The average Bonchev–Trinajstić information content (AvgIpc) is 2.81. The topological polar surface area (TPSA) is 26.3 Å². The van der Waals surface area contributed by atoms with Gasteiger partial charge in [0.15, 0.2) is 0 Å². The first-order chi connectivity index (χ1) is 10.2. The van der Waals surface area contributed by atoms with Gasteiger partial charge in [-0.3, -0.25) is 4.79 Å². The molecule has 2 nitrogen and oxygen atoms in total. The summed E-state index contributed by atoms with van der Waals surface area (Å²) in [6.07, 6.45) is 5.97. The fourth-order valence-corrected chi connectivity index (χ4v) is 2.54. The van der Waals surface area contributed by atoms with Crippen molar-refractivity contribution < 1.29 is 9.53 Å². The normalized spacial score (nSPS) is 16.3. The zero-order valence-electron chi connectivity index (χ0n) is 13.3. The molecule has 0 heterocycles. The Balaban J connectivity index is 0.00000106. The molecule has 21 heavy (non-hydrogen) atoms. The van der Waals surface area contributed by atoms with E-state index in [9.17, 15) is 4.79 Å². The van der Waals surface area contributed by atoms with Crippen LogP contribution in [-0.2, 0) is 9.53 Å². The van der Waals surface area contributed by atoms with Gasteiger partial charge in [0.05, 0.1) is 0 Å². The second-order valence-corrected chi connectivity index (χ2v) is 4.52. The third-order valence-electron chi connectivity index (χ3n) is 3.32. The SMILES string of the molecule is C=CC1=C(/C=C\C)c2ccccc2C1COC(C)=O.CC. The highest BCUT2D eigenvalue weighted by atomic mass is 16.5. The van der Waals surface area contributed by atoms with E-state index < -0.39 is 0 Å². The number of benzene rings is 1. The van der Waals surface area contributed by atoms with Crippen molar-refractivity contribution in [2.75, 3.05) is 6.61 Å². The summed E-state index contributed by atoms with van der Waals surface area (Å²) in [7, 11) is 0. The standard InChI is InChI=1S/C17H18O2.C2H6/c1-4-8-14-13(5-2)17(11-19-12(3)18)16-10-7-6-9-15(14)16;1-2/h4-10,17H,2,11H2,1,3H3;1-2H3/b8-4-;. The lowest BCUT2D eigenvalue weighted by atomic mass is 9.96. The molecular formula is C19H24O2. The summed E-state index contributed by atoms with van der Waals surface area (Å²) >= 11 is 0. The number of hydrogen-bond donors (Lipinski definition) is 0. The Morgan fingerprint density at radius 3 is 2.57 bits per heavy atom. The summed E-state index contributed by atoms with van der Waals surface area (Å²) in [5.74, 6) is -0.163. The molecular weight excluding hydrogens is 260 g/mol. The maximum Gasteiger partial charge on any atom is 0.302 e. The van der Waals surface area contributed by atoms with Crippen LogP contribution in [0.2, 0.25) is 0 Å². The van der Waals surface area contributed by atoms with Crippen molar-refractivity contribution in [1.29, 1.82) is 0 Å². The van der Waals surface area contributed by atoms with Crippen molar-refractivity contribution in [2.24, 2.45) is 0 Å². The number of allylic oxidation sites excluding steroid dienone is 4. The van der Waals surface area contributed by atoms with Crippen LogP contribution in [0.25, 0.3) is 5.57 Å². The molecule has 0 N–H and O–H groups in total. The third-order valence-corrected chi connectivity index (χ3v) is 3.32. The molecule has 0 aliphatic heterocycles. The van der Waals surface area contributed by atoms with Crippen LogP contribution in [-0.4, -0.2) is 12.6 Å². The van der Waals surface area contributed by atoms with E-state index in [1.807, 2.05) is 45.1 Å². The smallest absolute Gasteiger partial charge is 0.302 e. The number of ether oxygens (including phenoxy) is 1. The van der Waals surface area contributed by atoms with Gasteiger partial charge in [-0.25, -0.2) is 0 Å². The van der Waals surface area contributed by atoms with Gasteiger partial charge < -0.3 is 4.74 Å². The number of carbonyl (C=O) groups excluding carboxylic acids is 1. The van der Waals surface area contributed by atoms with E-state index in [1.54, 1.807) is 0 Å². The minimum Gasteiger partial charge on any atom is -0.465 e. The van der Waals surface area contributed by atoms with Gasteiger partial charge in [0.25, 0.3) is 0 Å². The molecule has 1 atom stereocenters. The Morgan fingerprint density at radius 2 is 2.00 bits per heavy atom. The molecule has 0 bridgehead atoms. The van der Waals surface area contributed by atoms with Crippen LogP contribution < -0.4 is 0 Å². The molecule has 1 aromatic carbocycles. The highest BCUT2D eigenvalue weighted by Gasteiger charge is 2.28. The predicted octanol–water partition coefficient (Wildman–Crippen LogP) is 4.89. The minimum absolute atomic E-state index is 0.0869. The first-order valence-corrected chi connectivity index (χ1v) is 7.41. The fourth-order valence-electron chi connectivity index (χ4n) is 2.54. The van der Waals surface area contributed by atoms with Gasteiger partial charge in [0.1, 0.15) is 6.61 Å². The van der Waals surface area contributed by atoms with Crippen LogP contribution >= 0.6 is 0 Å². The lowest BCUT2D eigenvalue weighted by molar-refractivity contribution is -0.141. The van der Waals surface area contributed by atoms with Crippen LogP contribution in [0.4, 0.5) is 0 Å². The maximum atomic E-state index is 11.0. The van der Waals surface area contributed by atoms with Crippen LogP contribution in [0, 0.1) is 0 Å². The zero-order valence-corrected chi connectivity index (χ0v) is 13.3. The molecule has 112 valence electrons. The second kappa shape index (κ2) is 8.25. The van der Waals surface area contributed by atoms with Gasteiger partial charge in [-0.2, -0.15) is 0 Å². The van der Waals surface area contributed by atoms with Crippen LogP contribution in [0.3, 0.4) is 0 Å². The van der Waals surface area contributed by atoms with Gasteiger partial charge in [0, 0.05) is 12.8 Å². The molecule has 0 spiro atoms. The number of hydrogen-bond acceptors (Lipinski definition) is 2. The molecule has 1 aliphatic rings. The second-order valence-electron chi connectivity index (χ2n) is 4.52. The van der Waals surface area contributed by atoms with Gasteiger partial charge in [-0.1, -0.05) is 62.9 Å². The molecule has 0 fully saturated rings. The minimum atomic E-state index is -0.250. The Labute approximate surface area is 127 Å². The first-order valence-electron chi connectivity index (χ1n) is 7.41. The summed E-state index contributed by atoms with van der Waals surface area (Å²) < 4.78 is 5.20. The highest BCUT2D eigenvalue weighted by Crippen LogP contribution is 2.43. The lowest BCUT2D eigenvalue weighted by Crippen LogP contribution is -2.10. The van der Waals surface area contributed by atoms with Crippen LogP contribution in [0.1, 0.15) is 44.7 Å². The van der Waals surface area contributed by atoms with E-state index in [1.165, 1.54) is 23.6 Å². The number of carbonyl (C=O) groups is 1. The Kier molecular flexibility index (Phi) is 6.67. The number of rotatable bonds is 4. The lowest BCUT2D eigenvalue weighted by Gasteiger charge is -2.14. The van der Waals surface area contributed by atoms with Crippen molar-refractivity contribution in [1.82, 2.24) is 0 Å². The summed E-state index contributed by atoms with van der Waals surface area (Å²) in [6, 6.07) is 8.22. The molecule has 0 amide bonds.